The van der Waals surface area contributed by atoms with E-state index >= 15 is 0 Å². The Morgan fingerprint density at radius 1 is 1.06 bits per heavy atom. The molecule has 3 aromatic carbocycles. The maximum absolute atomic E-state index is 12.4. The van der Waals surface area contributed by atoms with Crippen LogP contribution < -0.4 is 14.8 Å². The summed E-state index contributed by atoms with van der Waals surface area (Å²) in [6.07, 6.45) is 3.17. The smallest absolute Gasteiger partial charge is 0.248 e. The second-order valence-corrected chi connectivity index (χ2v) is 7.56. The standard InChI is InChI=1S/C24H19BrN2O4/c1-29-19-8-10-22-20(14-19)27-24(31-22)16-4-3-5-18(13-16)26-23(28)11-6-15-12-17(25)7-9-21(15)30-2/h3-14H,1-2H3,(H,26,28). The average molecular weight is 479 g/mol. The molecule has 31 heavy (non-hydrogen) atoms. The van der Waals surface area contributed by atoms with Crippen LogP contribution >= 0.6 is 15.9 Å². The number of nitrogens with zero attached hydrogens (tertiary/aromatic N) is 1. The second-order valence-electron chi connectivity index (χ2n) is 6.64. The molecule has 0 unspecified atom stereocenters. The first-order valence-corrected chi connectivity index (χ1v) is 10.2. The zero-order chi connectivity index (χ0) is 21.8. The molecule has 6 nitrogen and oxygen atoms in total. The van der Waals surface area contributed by atoms with Crippen LogP contribution in [0.4, 0.5) is 5.69 Å². The molecule has 4 rings (SSSR count). The van der Waals surface area contributed by atoms with E-state index in [0.717, 1.165) is 15.6 Å². The molecule has 4 aromatic rings. The molecule has 1 N–H and O–H groups in total. The predicted molar refractivity (Wildman–Crippen MR) is 124 cm³/mol. The number of amides is 1. The molecule has 0 bridgehead atoms. The summed E-state index contributed by atoms with van der Waals surface area (Å²) in [6.45, 7) is 0. The summed E-state index contributed by atoms with van der Waals surface area (Å²) >= 11 is 3.43. The first kappa shape index (κ1) is 20.7. The van der Waals surface area contributed by atoms with Gasteiger partial charge in [-0.25, -0.2) is 4.98 Å². The van der Waals surface area contributed by atoms with Gasteiger partial charge in [-0.15, -0.1) is 0 Å². The lowest BCUT2D eigenvalue weighted by Crippen LogP contribution is -2.07. The molecule has 0 aliphatic rings. The lowest BCUT2D eigenvalue weighted by molar-refractivity contribution is -0.111. The van der Waals surface area contributed by atoms with E-state index in [1.165, 1.54) is 6.08 Å². The lowest BCUT2D eigenvalue weighted by Gasteiger charge is -2.06. The van der Waals surface area contributed by atoms with E-state index in [1.54, 1.807) is 26.4 Å². The van der Waals surface area contributed by atoms with Gasteiger partial charge >= 0.3 is 0 Å². The number of carbonyl (C=O) groups excluding carboxylic acids is 1. The summed E-state index contributed by atoms with van der Waals surface area (Å²) in [5, 5.41) is 2.86. The van der Waals surface area contributed by atoms with Crippen molar-refractivity contribution >= 4 is 44.7 Å². The van der Waals surface area contributed by atoms with Crippen LogP contribution in [-0.4, -0.2) is 25.1 Å². The Labute approximate surface area is 187 Å². The summed E-state index contributed by atoms with van der Waals surface area (Å²) in [4.78, 5) is 16.9. The number of fused-ring (bicyclic) bond motifs is 1. The molecule has 1 aromatic heterocycles. The van der Waals surface area contributed by atoms with Gasteiger partial charge < -0.3 is 19.2 Å². The number of anilines is 1. The van der Waals surface area contributed by atoms with Crippen LogP contribution in [0.1, 0.15) is 5.56 Å². The topological polar surface area (TPSA) is 73.6 Å². The Morgan fingerprint density at radius 3 is 2.74 bits per heavy atom. The van der Waals surface area contributed by atoms with E-state index in [9.17, 15) is 4.79 Å². The highest BCUT2D eigenvalue weighted by atomic mass is 79.9. The summed E-state index contributed by atoms with van der Waals surface area (Å²) in [5.74, 6) is 1.60. The fraction of sp³-hybridized carbons (Fsp3) is 0.0833. The van der Waals surface area contributed by atoms with E-state index in [1.807, 2.05) is 54.6 Å². The molecule has 156 valence electrons. The van der Waals surface area contributed by atoms with Crippen LogP contribution in [0.25, 0.3) is 28.6 Å². The number of halogens is 1. The van der Waals surface area contributed by atoms with E-state index in [2.05, 4.69) is 26.2 Å². The Balaban J connectivity index is 1.52. The van der Waals surface area contributed by atoms with Crippen molar-refractivity contribution in [2.45, 2.75) is 0 Å². The van der Waals surface area contributed by atoms with Crippen molar-refractivity contribution in [2.75, 3.05) is 19.5 Å². The minimum Gasteiger partial charge on any atom is -0.497 e. The van der Waals surface area contributed by atoms with Crippen LogP contribution in [0.2, 0.25) is 0 Å². The zero-order valence-electron chi connectivity index (χ0n) is 16.9. The van der Waals surface area contributed by atoms with Crippen molar-refractivity contribution in [2.24, 2.45) is 0 Å². The fourth-order valence-corrected chi connectivity index (χ4v) is 3.45. The number of hydrogen-bond acceptors (Lipinski definition) is 5. The molecule has 0 saturated heterocycles. The highest BCUT2D eigenvalue weighted by molar-refractivity contribution is 9.10. The van der Waals surface area contributed by atoms with Crippen molar-refractivity contribution < 1.29 is 18.7 Å². The predicted octanol–water partition coefficient (Wildman–Crippen LogP) is 5.93. The highest BCUT2D eigenvalue weighted by Gasteiger charge is 2.10. The van der Waals surface area contributed by atoms with Gasteiger partial charge in [0.2, 0.25) is 11.8 Å². The number of methoxy groups -OCH3 is 2. The Kier molecular flexibility index (Phi) is 6.04. The molecule has 1 amide bonds. The van der Waals surface area contributed by atoms with Gasteiger partial charge in [0.15, 0.2) is 5.58 Å². The molecule has 0 fully saturated rings. The molecule has 0 aliphatic heterocycles. The van der Waals surface area contributed by atoms with Gasteiger partial charge in [-0.05, 0) is 54.6 Å². The minimum atomic E-state index is -0.263. The molecule has 0 saturated carbocycles. The normalized spacial score (nSPS) is 11.1. The molecule has 0 aliphatic carbocycles. The maximum Gasteiger partial charge on any atom is 0.248 e. The Bertz CT molecular complexity index is 1280. The number of carbonyl (C=O) groups is 1. The van der Waals surface area contributed by atoms with Gasteiger partial charge in [0.25, 0.3) is 0 Å². The molecule has 0 atom stereocenters. The number of aromatic nitrogens is 1. The van der Waals surface area contributed by atoms with Gasteiger partial charge in [-0.2, -0.15) is 0 Å². The zero-order valence-corrected chi connectivity index (χ0v) is 18.5. The van der Waals surface area contributed by atoms with Gasteiger partial charge in [-0.3, -0.25) is 4.79 Å². The first-order chi connectivity index (χ1) is 15.1. The number of benzene rings is 3. The van der Waals surface area contributed by atoms with Crippen molar-refractivity contribution in [3.05, 3.63) is 76.8 Å². The highest BCUT2D eigenvalue weighted by Crippen LogP contribution is 2.28. The molecule has 1 heterocycles. The maximum atomic E-state index is 12.4. The van der Waals surface area contributed by atoms with Gasteiger partial charge in [0.1, 0.15) is 17.0 Å². The molecular weight excluding hydrogens is 460 g/mol. The van der Waals surface area contributed by atoms with E-state index < -0.39 is 0 Å². The third-order valence-electron chi connectivity index (χ3n) is 4.58. The minimum absolute atomic E-state index is 0.263. The third-order valence-corrected chi connectivity index (χ3v) is 5.07. The Hall–Kier alpha value is -3.58. The summed E-state index contributed by atoms with van der Waals surface area (Å²) < 4.78 is 17.3. The van der Waals surface area contributed by atoms with Gasteiger partial charge in [0, 0.05) is 33.4 Å². The monoisotopic (exact) mass is 478 g/mol. The first-order valence-electron chi connectivity index (χ1n) is 9.43. The average Bonchev–Trinajstić information content (AvgIpc) is 3.21. The Morgan fingerprint density at radius 2 is 1.94 bits per heavy atom. The number of ether oxygens (including phenoxy) is 2. The van der Waals surface area contributed by atoms with E-state index in [4.69, 9.17) is 13.9 Å². The summed E-state index contributed by atoms with van der Waals surface area (Å²) in [7, 11) is 3.20. The molecule has 0 radical (unpaired) electrons. The van der Waals surface area contributed by atoms with Crippen LogP contribution in [0.3, 0.4) is 0 Å². The quantitative estimate of drug-likeness (QED) is 0.347. The largest absolute Gasteiger partial charge is 0.497 e. The van der Waals surface area contributed by atoms with Gasteiger partial charge in [0.05, 0.1) is 14.2 Å². The molecule has 7 heteroatoms. The number of oxazole rings is 1. The van der Waals surface area contributed by atoms with Crippen molar-refractivity contribution in [3.63, 3.8) is 0 Å². The summed E-state index contributed by atoms with van der Waals surface area (Å²) in [6, 6.07) is 18.4. The van der Waals surface area contributed by atoms with Crippen LogP contribution in [0, 0.1) is 0 Å². The molecular formula is C24H19BrN2O4. The number of hydrogen-bond donors (Lipinski definition) is 1. The van der Waals surface area contributed by atoms with Crippen LogP contribution in [0.5, 0.6) is 11.5 Å². The SMILES string of the molecule is COc1ccc2oc(-c3cccc(NC(=O)C=Cc4cc(Br)ccc4OC)c3)nc2c1. The van der Waals surface area contributed by atoms with Crippen LogP contribution in [0.15, 0.2) is 75.6 Å². The van der Waals surface area contributed by atoms with E-state index in [0.29, 0.717) is 34.2 Å². The number of nitrogens with one attached hydrogen (secondary N) is 1. The van der Waals surface area contributed by atoms with Crippen LogP contribution in [-0.2, 0) is 4.79 Å². The third kappa shape index (κ3) is 4.78. The second kappa shape index (κ2) is 9.06. The fourth-order valence-electron chi connectivity index (χ4n) is 3.07. The lowest BCUT2D eigenvalue weighted by atomic mass is 10.2. The number of rotatable bonds is 6. The van der Waals surface area contributed by atoms with Crippen molar-refractivity contribution in [1.82, 2.24) is 4.98 Å². The van der Waals surface area contributed by atoms with Crippen molar-refractivity contribution in [3.8, 4) is 23.0 Å². The van der Waals surface area contributed by atoms with Crippen molar-refractivity contribution in [1.29, 1.82) is 0 Å². The van der Waals surface area contributed by atoms with E-state index in [-0.39, 0.29) is 5.91 Å². The molecule has 0 spiro atoms. The van der Waals surface area contributed by atoms with Gasteiger partial charge in [-0.1, -0.05) is 22.0 Å². The summed E-state index contributed by atoms with van der Waals surface area (Å²) in [5.41, 5.74) is 3.55.